The van der Waals surface area contributed by atoms with Gasteiger partial charge in [0.05, 0.1) is 22.8 Å². The normalized spacial score (nSPS) is 11.5. The molecule has 0 aliphatic heterocycles. The van der Waals surface area contributed by atoms with E-state index in [1.54, 1.807) is 26.0 Å². The van der Waals surface area contributed by atoms with E-state index in [2.05, 4.69) is 9.82 Å². The number of nitrogens with zero attached hydrogens (tertiary/aromatic N) is 2. The number of hydrogen-bond acceptors (Lipinski definition) is 3. The second-order valence-electron chi connectivity index (χ2n) is 5.48. The van der Waals surface area contributed by atoms with Gasteiger partial charge in [0, 0.05) is 6.07 Å². The van der Waals surface area contributed by atoms with Gasteiger partial charge in [-0.05, 0) is 38.1 Å². The van der Waals surface area contributed by atoms with E-state index >= 15 is 0 Å². The van der Waals surface area contributed by atoms with E-state index in [4.69, 9.17) is 0 Å². The molecule has 1 aromatic heterocycles. The van der Waals surface area contributed by atoms with E-state index in [1.165, 1.54) is 4.68 Å². The predicted molar refractivity (Wildman–Crippen MR) is 90.2 cm³/mol. The minimum absolute atomic E-state index is 0.00101. The van der Waals surface area contributed by atoms with Crippen molar-refractivity contribution in [2.75, 3.05) is 4.72 Å². The van der Waals surface area contributed by atoms with E-state index in [0.717, 1.165) is 23.9 Å². The fraction of sp³-hybridized carbons (Fsp3) is 0.118. The molecule has 5 nitrogen and oxygen atoms in total. The summed E-state index contributed by atoms with van der Waals surface area (Å²) in [5.74, 6) is -2.18. The summed E-state index contributed by atoms with van der Waals surface area (Å²) in [4.78, 5) is 0.00101. The highest BCUT2D eigenvalue weighted by molar-refractivity contribution is 7.92. The summed E-state index contributed by atoms with van der Waals surface area (Å²) >= 11 is 0. The quantitative estimate of drug-likeness (QED) is 0.771. The Labute approximate surface area is 144 Å². The van der Waals surface area contributed by atoms with Crippen LogP contribution in [0.15, 0.2) is 53.4 Å². The zero-order chi connectivity index (χ0) is 18.2. The van der Waals surface area contributed by atoms with E-state index in [-0.39, 0.29) is 10.6 Å². The van der Waals surface area contributed by atoms with Crippen LogP contribution in [0.1, 0.15) is 11.4 Å². The Bertz CT molecular complexity index is 1030. The molecule has 130 valence electrons. The number of aryl methyl sites for hydroxylation is 1. The first kappa shape index (κ1) is 17.1. The number of para-hydroxylation sites is 1. The molecule has 2 aromatic carbocycles. The molecule has 0 fully saturated rings. The third-order valence-electron chi connectivity index (χ3n) is 3.67. The molecular formula is C17H15F2N3O2S. The van der Waals surface area contributed by atoms with Crippen molar-refractivity contribution in [1.29, 1.82) is 0 Å². The Hall–Kier alpha value is -2.74. The number of nitrogens with one attached hydrogen (secondary N) is 1. The zero-order valence-corrected chi connectivity index (χ0v) is 14.3. The maximum Gasteiger partial charge on any atom is 0.265 e. The molecule has 0 unspecified atom stereocenters. The highest BCUT2D eigenvalue weighted by atomic mass is 32.2. The molecule has 0 aliphatic carbocycles. The van der Waals surface area contributed by atoms with Crippen LogP contribution in [0.2, 0.25) is 0 Å². The number of sulfonamides is 1. The van der Waals surface area contributed by atoms with Crippen LogP contribution in [0.3, 0.4) is 0 Å². The molecule has 1 N–H and O–H groups in total. The first-order valence-electron chi connectivity index (χ1n) is 7.39. The Morgan fingerprint density at radius 2 is 1.68 bits per heavy atom. The van der Waals surface area contributed by atoms with Crippen LogP contribution in [0.4, 0.5) is 14.5 Å². The summed E-state index contributed by atoms with van der Waals surface area (Å²) in [5, 5.41) is 4.28. The molecule has 1 heterocycles. The molecule has 0 spiro atoms. The monoisotopic (exact) mass is 363 g/mol. The lowest BCUT2D eigenvalue weighted by Crippen LogP contribution is -2.15. The first-order chi connectivity index (χ1) is 11.8. The van der Waals surface area contributed by atoms with Gasteiger partial charge in [0.2, 0.25) is 0 Å². The van der Waals surface area contributed by atoms with Crippen LogP contribution in [0, 0.1) is 25.5 Å². The third kappa shape index (κ3) is 3.25. The summed E-state index contributed by atoms with van der Waals surface area (Å²) < 4.78 is 55.5. The van der Waals surface area contributed by atoms with E-state index in [9.17, 15) is 17.2 Å². The molecule has 3 rings (SSSR count). The highest BCUT2D eigenvalue weighted by Gasteiger charge is 2.25. The fourth-order valence-electron chi connectivity index (χ4n) is 2.60. The van der Waals surface area contributed by atoms with Crippen molar-refractivity contribution in [3.63, 3.8) is 0 Å². The summed E-state index contributed by atoms with van der Waals surface area (Å²) in [6, 6.07) is 11.9. The van der Waals surface area contributed by atoms with Crippen LogP contribution >= 0.6 is 0 Å². The number of anilines is 1. The molecule has 0 saturated heterocycles. The summed E-state index contributed by atoms with van der Waals surface area (Å²) in [5.41, 5.74) is 1.37. The average Bonchev–Trinajstić information content (AvgIpc) is 2.87. The molecular weight excluding hydrogens is 348 g/mol. The number of hydrogen-bond donors (Lipinski definition) is 1. The van der Waals surface area contributed by atoms with Gasteiger partial charge in [-0.1, -0.05) is 18.2 Å². The third-order valence-corrected chi connectivity index (χ3v) is 5.30. The molecule has 0 bridgehead atoms. The van der Waals surface area contributed by atoms with Crippen LogP contribution < -0.4 is 4.72 Å². The second kappa shape index (κ2) is 6.29. The average molecular weight is 363 g/mol. The Kier molecular flexibility index (Phi) is 4.30. The van der Waals surface area contributed by atoms with Crippen molar-refractivity contribution >= 4 is 15.7 Å². The van der Waals surface area contributed by atoms with Gasteiger partial charge in [-0.2, -0.15) is 5.10 Å². The van der Waals surface area contributed by atoms with E-state index in [1.807, 2.05) is 18.2 Å². The van der Waals surface area contributed by atoms with Crippen LogP contribution in [-0.4, -0.2) is 18.2 Å². The van der Waals surface area contributed by atoms with Crippen molar-refractivity contribution in [3.8, 4) is 5.69 Å². The van der Waals surface area contributed by atoms with Crippen LogP contribution in [-0.2, 0) is 10.0 Å². The zero-order valence-electron chi connectivity index (χ0n) is 13.5. The molecule has 25 heavy (non-hydrogen) atoms. The van der Waals surface area contributed by atoms with Crippen molar-refractivity contribution in [1.82, 2.24) is 9.78 Å². The number of rotatable bonds is 4. The van der Waals surface area contributed by atoms with E-state index in [0.29, 0.717) is 11.4 Å². The van der Waals surface area contributed by atoms with Gasteiger partial charge in [-0.25, -0.2) is 21.9 Å². The van der Waals surface area contributed by atoms with Gasteiger partial charge in [0.25, 0.3) is 10.0 Å². The highest BCUT2D eigenvalue weighted by Crippen LogP contribution is 2.25. The maximum atomic E-state index is 13.3. The van der Waals surface area contributed by atoms with Gasteiger partial charge in [0.1, 0.15) is 4.90 Å². The number of halogens is 2. The van der Waals surface area contributed by atoms with Crippen molar-refractivity contribution < 1.29 is 17.2 Å². The van der Waals surface area contributed by atoms with Gasteiger partial charge in [0.15, 0.2) is 11.6 Å². The van der Waals surface area contributed by atoms with Gasteiger partial charge in [-0.15, -0.1) is 0 Å². The first-order valence-corrected chi connectivity index (χ1v) is 8.87. The fourth-order valence-corrected chi connectivity index (χ4v) is 4.05. The molecule has 8 heteroatoms. The standard InChI is InChI=1S/C17H15F2N3O2S/c1-11-17(12(2)22(20-11)14-6-4-3-5-7-14)25(23,24)21-13-8-9-15(18)16(19)10-13/h3-10,21H,1-2H3. The SMILES string of the molecule is Cc1nn(-c2ccccc2)c(C)c1S(=O)(=O)Nc1ccc(F)c(F)c1. The molecule has 0 saturated carbocycles. The molecule has 3 aromatic rings. The molecule has 0 amide bonds. The number of aromatic nitrogens is 2. The predicted octanol–water partition coefficient (Wildman–Crippen LogP) is 3.57. The Morgan fingerprint density at radius 1 is 1.00 bits per heavy atom. The smallest absolute Gasteiger partial charge is 0.265 e. The molecule has 0 aliphatic rings. The Morgan fingerprint density at radius 3 is 2.32 bits per heavy atom. The second-order valence-corrected chi connectivity index (χ2v) is 7.10. The largest absolute Gasteiger partial charge is 0.279 e. The topological polar surface area (TPSA) is 64.0 Å². The Balaban J connectivity index is 2.03. The van der Waals surface area contributed by atoms with Crippen LogP contribution in [0.25, 0.3) is 5.69 Å². The van der Waals surface area contributed by atoms with Gasteiger partial charge in [-0.3, -0.25) is 4.72 Å². The molecule has 0 radical (unpaired) electrons. The lowest BCUT2D eigenvalue weighted by Gasteiger charge is -2.09. The summed E-state index contributed by atoms with van der Waals surface area (Å²) in [7, 11) is -4.01. The van der Waals surface area contributed by atoms with Crippen LogP contribution in [0.5, 0.6) is 0 Å². The van der Waals surface area contributed by atoms with Crippen molar-refractivity contribution in [3.05, 3.63) is 71.6 Å². The number of benzene rings is 2. The van der Waals surface area contributed by atoms with Crippen molar-refractivity contribution in [2.24, 2.45) is 0 Å². The maximum absolute atomic E-state index is 13.3. The summed E-state index contributed by atoms with van der Waals surface area (Å²) in [6.07, 6.45) is 0. The van der Waals surface area contributed by atoms with Gasteiger partial charge < -0.3 is 0 Å². The minimum Gasteiger partial charge on any atom is -0.279 e. The lowest BCUT2D eigenvalue weighted by atomic mass is 10.3. The van der Waals surface area contributed by atoms with Crippen molar-refractivity contribution in [2.45, 2.75) is 18.7 Å². The minimum atomic E-state index is -4.01. The summed E-state index contributed by atoms with van der Waals surface area (Å²) in [6.45, 7) is 3.21. The van der Waals surface area contributed by atoms with Gasteiger partial charge >= 0.3 is 0 Å². The van der Waals surface area contributed by atoms with E-state index < -0.39 is 21.7 Å². The lowest BCUT2D eigenvalue weighted by molar-refractivity contribution is 0.509. The molecule has 0 atom stereocenters.